The molecule has 42 heavy (non-hydrogen) atoms. The van der Waals surface area contributed by atoms with Crippen molar-refractivity contribution in [1.82, 2.24) is 9.66 Å². The zero-order valence-corrected chi connectivity index (χ0v) is 25.3. The molecular weight excluding hydrogens is 692 g/mol. The number of ether oxygens (including phenoxy) is 1. The van der Waals surface area contributed by atoms with Crippen LogP contribution in [0.15, 0.2) is 108 Å². The molecule has 6 aromatic rings. The summed E-state index contributed by atoms with van der Waals surface area (Å²) >= 11 is 13.3. The van der Waals surface area contributed by atoms with Gasteiger partial charge >= 0.3 is 5.69 Å². The average molecular weight is 709 g/mol. The summed E-state index contributed by atoms with van der Waals surface area (Å²) in [6.45, 7) is 0.0425. The first-order chi connectivity index (χ1) is 20.3. The predicted molar refractivity (Wildman–Crippen MR) is 168 cm³/mol. The molecule has 0 N–H and O–H groups in total. The molecule has 9 nitrogen and oxygen atoms in total. The van der Waals surface area contributed by atoms with Crippen molar-refractivity contribution in [2.24, 2.45) is 5.10 Å². The van der Waals surface area contributed by atoms with Gasteiger partial charge in [-0.2, -0.15) is 9.78 Å². The number of nitro benzene ring substituents is 1. The van der Waals surface area contributed by atoms with Crippen LogP contribution in [0.1, 0.15) is 11.1 Å². The Morgan fingerprint density at radius 2 is 1.83 bits per heavy atom. The van der Waals surface area contributed by atoms with Gasteiger partial charge in [-0.15, -0.1) is 0 Å². The third kappa shape index (κ3) is 5.46. The smallest absolute Gasteiger partial charge is 0.313 e. The molecular formula is C30H17Br2ClN4O5. The van der Waals surface area contributed by atoms with E-state index in [9.17, 15) is 14.9 Å². The Morgan fingerprint density at radius 1 is 1.05 bits per heavy atom. The second-order valence-electron chi connectivity index (χ2n) is 9.10. The van der Waals surface area contributed by atoms with Crippen LogP contribution in [0.2, 0.25) is 5.02 Å². The van der Waals surface area contributed by atoms with E-state index in [4.69, 9.17) is 20.8 Å². The number of nitrogens with zero attached hydrogens (tertiary/aromatic N) is 4. The predicted octanol–water partition coefficient (Wildman–Crippen LogP) is 8.36. The summed E-state index contributed by atoms with van der Waals surface area (Å²) in [6.07, 6.45) is 1.30. The fraction of sp³-hybridized carbons (Fsp3) is 0.0333. The van der Waals surface area contributed by atoms with Crippen molar-refractivity contribution in [1.29, 1.82) is 0 Å². The highest BCUT2D eigenvalue weighted by Gasteiger charge is 2.22. The topological polar surface area (TPSA) is 113 Å². The lowest BCUT2D eigenvalue weighted by Crippen LogP contribution is -2.20. The highest BCUT2D eigenvalue weighted by molar-refractivity contribution is 9.11. The molecule has 0 aliphatic heterocycles. The molecule has 0 spiro atoms. The van der Waals surface area contributed by atoms with Crippen molar-refractivity contribution in [3.05, 3.63) is 130 Å². The van der Waals surface area contributed by atoms with E-state index in [-0.39, 0.29) is 34.5 Å². The van der Waals surface area contributed by atoms with E-state index in [1.165, 1.54) is 18.3 Å². The number of benzene rings is 4. The van der Waals surface area contributed by atoms with Gasteiger partial charge in [-0.05, 0) is 42.5 Å². The monoisotopic (exact) mass is 706 g/mol. The molecule has 12 heteroatoms. The van der Waals surface area contributed by atoms with E-state index in [0.717, 1.165) is 24.6 Å². The number of para-hydroxylation sites is 2. The third-order valence-corrected chi connectivity index (χ3v) is 7.86. The van der Waals surface area contributed by atoms with Crippen LogP contribution >= 0.6 is 43.5 Å². The van der Waals surface area contributed by atoms with E-state index in [1.807, 2.05) is 42.5 Å². The Morgan fingerprint density at radius 3 is 2.62 bits per heavy atom. The summed E-state index contributed by atoms with van der Waals surface area (Å²) in [5, 5.41) is 17.6. The summed E-state index contributed by atoms with van der Waals surface area (Å²) in [6, 6.07) is 24.3. The van der Waals surface area contributed by atoms with Gasteiger partial charge in [0.2, 0.25) is 11.6 Å². The fourth-order valence-electron chi connectivity index (χ4n) is 4.35. The van der Waals surface area contributed by atoms with Gasteiger partial charge in [-0.1, -0.05) is 79.9 Å². The molecule has 0 aliphatic carbocycles. The Hall–Kier alpha value is -4.32. The average Bonchev–Trinajstić information content (AvgIpc) is 3.41. The van der Waals surface area contributed by atoms with Crippen LogP contribution in [0.25, 0.3) is 33.5 Å². The minimum absolute atomic E-state index is 0.0142. The van der Waals surface area contributed by atoms with Crippen molar-refractivity contribution in [3.63, 3.8) is 0 Å². The van der Waals surface area contributed by atoms with Crippen molar-refractivity contribution < 1.29 is 14.1 Å². The lowest BCUT2D eigenvalue weighted by atomic mass is 10.2. The molecule has 0 fully saturated rings. The number of rotatable bonds is 7. The number of nitro groups is 1. The second kappa shape index (κ2) is 11.5. The first-order valence-corrected chi connectivity index (χ1v) is 14.3. The van der Waals surface area contributed by atoms with Crippen LogP contribution in [-0.2, 0) is 6.61 Å². The summed E-state index contributed by atoms with van der Waals surface area (Å²) in [5.41, 5.74) is 1.36. The Balaban J connectivity index is 1.41. The molecule has 2 heterocycles. The maximum atomic E-state index is 13.5. The summed E-state index contributed by atoms with van der Waals surface area (Å²) in [4.78, 5) is 29.6. The quantitative estimate of drug-likeness (QED) is 0.0936. The molecule has 0 aliphatic rings. The second-order valence-corrected chi connectivity index (χ2v) is 11.3. The summed E-state index contributed by atoms with van der Waals surface area (Å²) < 4.78 is 14.5. The number of hydrogen-bond donors (Lipinski definition) is 0. The number of furan rings is 1. The number of aromatic nitrogens is 2. The first-order valence-electron chi connectivity index (χ1n) is 12.4. The fourth-order valence-corrected chi connectivity index (χ4v) is 5.79. The Kier molecular flexibility index (Phi) is 7.63. The summed E-state index contributed by atoms with van der Waals surface area (Å²) in [7, 11) is 0. The number of hydrogen-bond acceptors (Lipinski definition) is 7. The van der Waals surface area contributed by atoms with Gasteiger partial charge in [0.25, 0.3) is 5.56 Å². The highest BCUT2D eigenvalue weighted by atomic mass is 79.9. The zero-order chi connectivity index (χ0) is 29.4. The first kappa shape index (κ1) is 27.8. The van der Waals surface area contributed by atoms with Crippen molar-refractivity contribution >= 4 is 77.2 Å². The molecule has 0 saturated heterocycles. The molecule has 2 aromatic heterocycles. The molecule has 0 unspecified atom stereocenters. The molecule has 0 atom stereocenters. The van der Waals surface area contributed by atoms with Crippen molar-refractivity contribution in [3.8, 4) is 17.3 Å². The molecule has 6 rings (SSSR count). The van der Waals surface area contributed by atoms with Gasteiger partial charge in [0, 0.05) is 31.5 Å². The SMILES string of the molecule is O=c1c2ccccc2nc(-c2cc3ccccc3o2)n1N=Cc1cc(Cl)c(OCc2ccc(Br)cc2Br)c([N+](=O)[O-])c1. The highest BCUT2D eigenvalue weighted by Crippen LogP contribution is 2.37. The van der Waals surface area contributed by atoms with E-state index >= 15 is 0 Å². The van der Waals surface area contributed by atoms with Crippen LogP contribution < -0.4 is 10.3 Å². The van der Waals surface area contributed by atoms with Gasteiger partial charge in [0.05, 0.1) is 27.1 Å². The van der Waals surface area contributed by atoms with Crippen LogP contribution in [0.5, 0.6) is 5.75 Å². The lowest BCUT2D eigenvalue weighted by molar-refractivity contribution is -0.385. The Bertz CT molecular complexity index is 2080. The Labute approximate surface area is 259 Å². The number of fused-ring (bicyclic) bond motifs is 2. The van der Waals surface area contributed by atoms with Crippen molar-refractivity contribution in [2.75, 3.05) is 0 Å². The standard InChI is InChI=1S/C30H17Br2ClN4O5/c31-20-10-9-19(22(32)14-20)16-41-28-23(33)11-17(12-25(28)37(39)40)15-34-36-29(27-13-18-5-1-4-8-26(18)42-27)35-24-7-3-2-6-21(24)30(36)38/h1-15H,16H2. The van der Waals surface area contributed by atoms with E-state index in [1.54, 1.807) is 30.3 Å². The van der Waals surface area contributed by atoms with E-state index in [2.05, 4.69) is 41.9 Å². The molecule has 0 saturated carbocycles. The molecule has 4 aromatic carbocycles. The van der Waals surface area contributed by atoms with Crippen molar-refractivity contribution in [2.45, 2.75) is 6.61 Å². The molecule has 0 radical (unpaired) electrons. The van der Waals surface area contributed by atoms with Crippen LogP contribution in [-0.4, -0.2) is 20.8 Å². The van der Waals surface area contributed by atoms with Gasteiger partial charge < -0.3 is 9.15 Å². The minimum Gasteiger partial charge on any atom is -0.481 e. The normalized spacial score (nSPS) is 11.5. The van der Waals surface area contributed by atoms with Crippen LogP contribution in [0.3, 0.4) is 0 Å². The number of halogens is 3. The maximum absolute atomic E-state index is 13.5. The van der Waals surface area contributed by atoms with Gasteiger partial charge in [-0.3, -0.25) is 14.9 Å². The molecule has 208 valence electrons. The maximum Gasteiger partial charge on any atom is 0.313 e. The van der Waals surface area contributed by atoms with Gasteiger partial charge in [-0.25, -0.2) is 4.98 Å². The van der Waals surface area contributed by atoms with Gasteiger partial charge in [0.1, 0.15) is 12.2 Å². The van der Waals surface area contributed by atoms with Crippen LogP contribution in [0.4, 0.5) is 5.69 Å². The van der Waals surface area contributed by atoms with E-state index < -0.39 is 10.5 Å². The third-order valence-electron chi connectivity index (χ3n) is 6.35. The summed E-state index contributed by atoms with van der Waals surface area (Å²) in [5.74, 6) is 0.427. The lowest BCUT2D eigenvalue weighted by Gasteiger charge is -2.11. The minimum atomic E-state index is -0.585. The van der Waals surface area contributed by atoms with E-state index in [0.29, 0.717) is 22.2 Å². The van der Waals surface area contributed by atoms with Crippen LogP contribution in [0, 0.1) is 10.1 Å². The largest absolute Gasteiger partial charge is 0.481 e. The molecule has 0 bridgehead atoms. The van der Waals surface area contributed by atoms with Gasteiger partial charge in [0.15, 0.2) is 5.76 Å². The molecule has 0 amide bonds. The zero-order valence-electron chi connectivity index (χ0n) is 21.3.